The van der Waals surface area contributed by atoms with Crippen molar-refractivity contribution >= 4 is 17.9 Å². The minimum absolute atomic E-state index is 0.00662. The van der Waals surface area contributed by atoms with Gasteiger partial charge in [0.05, 0.1) is 24.3 Å². The first-order valence-electron chi connectivity index (χ1n) is 10.6. The molecule has 30 heavy (non-hydrogen) atoms. The van der Waals surface area contributed by atoms with Crippen molar-refractivity contribution in [1.82, 2.24) is 20.9 Å². The van der Waals surface area contributed by atoms with Gasteiger partial charge in [0.1, 0.15) is 0 Å². The zero-order valence-electron chi connectivity index (χ0n) is 17.6. The van der Waals surface area contributed by atoms with Gasteiger partial charge in [-0.05, 0) is 18.9 Å². The highest BCUT2D eigenvalue weighted by Gasteiger charge is 2.36. The predicted molar refractivity (Wildman–Crippen MR) is 112 cm³/mol. The zero-order chi connectivity index (χ0) is 21.5. The van der Waals surface area contributed by atoms with Crippen LogP contribution in [0.3, 0.4) is 0 Å². The molecule has 8 nitrogen and oxygen atoms in total. The van der Waals surface area contributed by atoms with E-state index in [0.29, 0.717) is 30.9 Å². The normalized spacial score (nSPS) is 22.2. The molecule has 0 aliphatic carbocycles. The molecular weight excluding hydrogens is 384 g/mol. The van der Waals surface area contributed by atoms with Crippen LogP contribution in [0.15, 0.2) is 41.6 Å². The summed E-state index contributed by atoms with van der Waals surface area (Å²) in [5.41, 5.74) is 1.66. The van der Waals surface area contributed by atoms with E-state index in [2.05, 4.69) is 22.9 Å². The number of carbonyl (C=O) groups is 3. The molecule has 1 fully saturated rings. The van der Waals surface area contributed by atoms with Crippen molar-refractivity contribution in [3.63, 3.8) is 0 Å². The Kier molecular flexibility index (Phi) is 7.46. The standard InChI is InChI=1S/C22H30N4O4/c1-3-5-11-17-20(27)23-12-13-26(17)14-16-18(21(28)30-4-2)19(25-22(29)24-16)15-9-7-6-8-10-15/h6-10,17,19H,3-5,11-14H2,1-2H3,(H,23,27)(H2,24,25,29)/t17-,19-/m1/s1. The molecule has 162 valence electrons. The number of hydrogen-bond donors (Lipinski definition) is 3. The first-order valence-corrected chi connectivity index (χ1v) is 10.6. The number of nitrogens with zero attached hydrogens (tertiary/aromatic N) is 1. The maximum Gasteiger partial charge on any atom is 0.338 e. The van der Waals surface area contributed by atoms with Crippen LogP contribution in [0.4, 0.5) is 4.79 Å². The first-order chi connectivity index (χ1) is 14.5. The minimum atomic E-state index is -0.610. The number of esters is 1. The molecule has 8 heteroatoms. The molecule has 2 atom stereocenters. The minimum Gasteiger partial charge on any atom is -0.463 e. The second-order valence-corrected chi connectivity index (χ2v) is 7.47. The van der Waals surface area contributed by atoms with Crippen molar-refractivity contribution in [1.29, 1.82) is 0 Å². The third kappa shape index (κ3) is 4.99. The molecule has 0 aromatic heterocycles. The molecule has 0 radical (unpaired) electrons. The molecular formula is C22H30N4O4. The lowest BCUT2D eigenvalue weighted by Gasteiger charge is -2.37. The summed E-state index contributed by atoms with van der Waals surface area (Å²) in [6.07, 6.45) is 2.66. The Hall–Kier alpha value is -2.87. The molecule has 3 N–H and O–H groups in total. The van der Waals surface area contributed by atoms with Gasteiger partial charge in [-0.25, -0.2) is 9.59 Å². The molecule has 3 amide bonds. The van der Waals surface area contributed by atoms with Gasteiger partial charge in [-0.2, -0.15) is 0 Å². The zero-order valence-corrected chi connectivity index (χ0v) is 17.6. The number of hydrogen-bond acceptors (Lipinski definition) is 5. The van der Waals surface area contributed by atoms with Crippen LogP contribution in [-0.2, 0) is 14.3 Å². The van der Waals surface area contributed by atoms with Gasteiger partial charge in [-0.15, -0.1) is 0 Å². The Bertz CT molecular complexity index is 809. The lowest BCUT2D eigenvalue weighted by atomic mass is 9.94. The van der Waals surface area contributed by atoms with Gasteiger partial charge in [0.25, 0.3) is 0 Å². The topological polar surface area (TPSA) is 99.8 Å². The fraction of sp³-hybridized carbons (Fsp3) is 0.500. The van der Waals surface area contributed by atoms with Gasteiger partial charge in [-0.1, -0.05) is 50.1 Å². The number of urea groups is 1. The summed E-state index contributed by atoms with van der Waals surface area (Å²) >= 11 is 0. The summed E-state index contributed by atoms with van der Waals surface area (Å²) in [5.74, 6) is -0.478. The Morgan fingerprint density at radius 3 is 2.67 bits per heavy atom. The van der Waals surface area contributed by atoms with E-state index in [1.807, 2.05) is 35.2 Å². The van der Waals surface area contributed by atoms with E-state index in [-0.39, 0.29) is 24.6 Å². The molecule has 0 bridgehead atoms. The molecule has 0 saturated carbocycles. The van der Waals surface area contributed by atoms with Crippen LogP contribution in [0.1, 0.15) is 44.7 Å². The maximum absolute atomic E-state index is 12.9. The Labute approximate surface area is 177 Å². The van der Waals surface area contributed by atoms with Crippen LogP contribution >= 0.6 is 0 Å². The molecule has 0 unspecified atom stereocenters. The Morgan fingerprint density at radius 1 is 1.20 bits per heavy atom. The van der Waals surface area contributed by atoms with Gasteiger partial charge in [0.15, 0.2) is 0 Å². The number of unbranched alkanes of at least 4 members (excludes halogenated alkanes) is 1. The van der Waals surface area contributed by atoms with E-state index in [0.717, 1.165) is 24.8 Å². The number of amides is 3. The fourth-order valence-electron chi connectivity index (χ4n) is 3.95. The highest BCUT2D eigenvalue weighted by atomic mass is 16.5. The van der Waals surface area contributed by atoms with Crippen LogP contribution in [0.2, 0.25) is 0 Å². The summed E-state index contributed by atoms with van der Waals surface area (Å²) in [4.78, 5) is 39.8. The summed E-state index contributed by atoms with van der Waals surface area (Å²) in [6.45, 7) is 5.56. The molecule has 2 aliphatic rings. The summed E-state index contributed by atoms with van der Waals surface area (Å²) in [6, 6.07) is 8.07. The lowest BCUT2D eigenvalue weighted by Crippen LogP contribution is -2.57. The number of carbonyl (C=O) groups excluding carboxylic acids is 3. The van der Waals surface area contributed by atoms with Crippen LogP contribution in [0.25, 0.3) is 0 Å². The van der Waals surface area contributed by atoms with E-state index < -0.39 is 12.0 Å². The highest BCUT2D eigenvalue weighted by Crippen LogP contribution is 2.28. The van der Waals surface area contributed by atoms with E-state index in [1.165, 1.54) is 0 Å². The van der Waals surface area contributed by atoms with Crippen molar-refractivity contribution in [3.8, 4) is 0 Å². The maximum atomic E-state index is 12.9. The average molecular weight is 415 g/mol. The second kappa shape index (κ2) is 10.2. The van der Waals surface area contributed by atoms with Crippen LogP contribution in [0, 0.1) is 0 Å². The third-order valence-electron chi connectivity index (χ3n) is 5.42. The first kappa shape index (κ1) is 21.8. The van der Waals surface area contributed by atoms with Gasteiger partial charge in [0.2, 0.25) is 5.91 Å². The highest BCUT2D eigenvalue weighted by molar-refractivity contribution is 5.95. The van der Waals surface area contributed by atoms with Crippen molar-refractivity contribution in [2.24, 2.45) is 0 Å². The van der Waals surface area contributed by atoms with Crippen LogP contribution < -0.4 is 16.0 Å². The molecule has 2 aliphatic heterocycles. The largest absolute Gasteiger partial charge is 0.463 e. The predicted octanol–water partition coefficient (Wildman–Crippen LogP) is 1.85. The molecule has 2 heterocycles. The number of nitrogens with one attached hydrogen (secondary N) is 3. The lowest BCUT2D eigenvalue weighted by molar-refractivity contribution is -0.139. The summed E-state index contributed by atoms with van der Waals surface area (Å²) in [7, 11) is 0. The van der Waals surface area contributed by atoms with Crippen molar-refractivity contribution < 1.29 is 19.1 Å². The van der Waals surface area contributed by atoms with Gasteiger partial charge in [0, 0.05) is 25.3 Å². The van der Waals surface area contributed by atoms with E-state index in [9.17, 15) is 14.4 Å². The van der Waals surface area contributed by atoms with Crippen LogP contribution in [0.5, 0.6) is 0 Å². The quantitative estimate of drug-likeness (QED) is 0.564. The SMILES string of the molecule is CCCC[C@@H]1C(=O)NCCN1CC1=C(C(=O)OCC)[C@@H](c2ccccc2)NC(=O)N1. The monoisotopic (exact) mass is 414 g/mol. The smallest absolute Gasteiger partial charge is 0.338 e. The van der Waals surface area contributed by atoms with Crippen LogP contribution in [-0.4, -0.2) is 55.1 Å². The summed E-state index contributed by atoms with van der Waals surface area (Å²) in [5, 5.41) is 8.55. The second-order valence-electron chi connectivity index (χ2n) is 7.47. The molecule has 1 saturated heterocycles. The van der Waals surface area contributed by atoms with Gasteiger partial charge < -0.3 is 20.7 Å². The Balaban J connectivity index is 1.96. The van der Waals surface area contributed by atoms with E-state index in [1.54, 1.807) is 6.92 Å². The van der Waals surface area contributed by atoms with Gasteiger partial charge in [-0.3, -0.25) is 9.69 Å². The molecule has 1 aromatic rings. The van der Waals surface area contributed by atoms with Crippen molar-refractivity contribution in [2.75, 3.05) is 26.2 Å². The van der Waals surface area contributed by atoms with Crippen molar-refractivity contribution in [3.05, 3.63) is 47.2 Å². The fourth-order valence-corrected chi connectivity index (χ4v) is 3.95. The molecule has 1 aromatic carbocycles. The van der Waals surface area contributed by atoms with E-state index in [4.69, 9.17) is 4.74 Å². The molecule has 0 spiro atoms. The van der Waals surface area contributed by atoms with E-state index >= 15 is 0 Å². The average Bonchev–Trinajstić information content (AvgIpc) is 2.74. The van der Waals surface area contributed by atoms with Crippen molar-refractivity contribution in [2.45, 2.75) is 45.2 Å². The molecule has 3 rings (SSSR count). The third-order valence-corrected chi connectivity index (χ3v) is 5.42. The number of ether oxygens (including phenoxy) is 1. The Morgan fingerprint density at radius 2 is 1.97 bits per heavy atom. The summed E-state index contributed by atoms with van der Waals surface area (Å²) < 4.78 is 5.31. The number of benzene rings is 1. The van der Waals surface area contributed by atoms with Gasteiger partial charge >= 0.3 is 12.0 Å². The number of piperazine rings is 1. The number of rotatable bonds is 8.